The first-order valence-electron chi connectivity index (χ1n) is 8.47. The molecule has 3 heteroatoms. The van der Waals surface area contributed by atoms with Crippen molar-refractivity contribution in [2.45, 2.75) is 44.1 Å². The molecule has 114 valence electrons. The summed E-state index contributed by atoms with van der Waals surface area (Å²) in [5, 5.41) is 3.66. The van der Waals surface area contributed by atoms with Crippen LogP contribution in [0.3, 0.4) is 0 Å². The summed E-state index contributed by atoms with van der Waals surface area (Å²) in [7, 11) is 0. The lowest BCUT2D eigenvalue weighted by molar-refractivity contribution is 0.0318. The molecule has 0 aliphatic carbocycles. The zero-order valence-corrected chi connectivity index (χ0v) is 14.2. The third-order valence-electron chi connectivity index (χ3n) is 6.18. The van der Waals surface area contributed by atoms with E-state index >= 15 is 0 Å². The molecular weight excluding hydrogens is 324 g/mol. The monoisotopic (exact) mass is 348 g/mol. The number of rotatable bonds is 1. The third-order valence-corrected chi connectivity index (χ3v) is 6.67. The van der Waals surface area contributed by atoms with E-state index in [1.54, 1.807) is 0 Å². The molecule has 0 aromatic heterocycles. The first-order chi connectivity index (χ1) is 10.3. The number of piperidine rings is 2. The summed E-state index contributed by atoms with van der Waals surface area (Å²) in [6.07, 6.45) is 7.02. The number of halogens is 1. The molecule has 3 fully saturated rings. The van der Waals surface area contributed by atoms with E-state index in [4.69, 9.17) is 0 Å². The summed E-state index contributed by atoms with van der Waals surface area (Å²) < 4.78 is 1.22. The highest BCUT2D eigenvalue weighted by Crippen LogP contribution is 2.51. The van der Waals surface area contributed by atoms with E-state index in [0.717, 1.165) is 12.6 Å². The summed E-state index contributed by atoms with van der Waals surface area (Å²) >= 11 is 3.66. The van der Waals surface area contributed by atoms with Gasteiger partial charge in [-0.2, -0.15) is 0 Å². The highest BCUT2D eigenvalue weighted by atomic mass is 79.9. The van der Waals surface area contributed by atoms with Gasteiger partial charge in [0.05, 0.1) is 0 Å². The minimum atomic E-state index is 0.539. The van der Waals surface area contributed by atoms with Crippen LogP contribution in [-0.4, -0.2) is 37.1 Å². The Balaban J connectivity index is 1.65. The van der Waals surface area contributed by atoms with Crippen LogP contribution in [0, 0.1) is 5.41 Å². The van der Waals surface area contributed by atoms with Crippen LogP contribution in [0.25, 0.3) is 0 Å². The van der Waals surface area contributed by atoms with Gasteiger partial charge in [-0.3, -0.25) is 0 Å². The van der Waals surface area contributed by atoms with Crippen molar-refractivity contribution in [2.24, 2.45) is 5.41 Å². The van der Waals surface area contributed by atoms with E-state index in [0.29, 0.717) is 11.3 Å². The molecule has 3 heterocycles. The number of hydrogen-bond donors (Lipinski definition) is 1. The van der Waals surface area contributed by atoms with Gasteiger partial charge in [-0.1, -0.05) is 28.1 Å². The predicted octanol–water partition coefficient (Wildman–Crippen LogP) is 3.77. The normalized spacial score (nSPS) is 36.8. The summed E-state index contributed by atoms with van der Waals surface area (Å²) in [4.78, 5) is 2.76. The van der Waals surface area contributed by atoms with Gasteiger partial charge in [0, 0.05) is 23.0 Å². The Kier molecular flexibility index (Phi) is 3.85. The van der Waals surface area contributed by atoms with Crippen molar-refractivity contribution in [3.63, 3.8) is 0 Å². The number of benzene rings is 1. The quantitative estimate of drug-likeness (QED) is 0.830. The number of fused-ring (bicyclic) bond motifs is 1. The fourth-order valence-electron chi connectivity index (χ4n) is 5.07. The number of nitrogens with zero attached hydrogens (tertiary/aromatic N) is 1. The van der Waals surface area contributed by atoms with Crippen molar-refractivity contribution in [1.29, 1.82) is 0 Å². The lowest BCUT2D eigenvalue weighted by Crippen LogP contribution is -2.52. The molecule has 3 aliphatic heterocycles. The molecule has 1 spiro atoms. The summed E-state index contributed by atoms with van der Waals surface area (Å²) in [6, 6.07) is 9.90. The largest absolute Gasteiger partial charge is 0.316 e. The minimum absolute atomic E-state index is 0.539. The van der Waals surface area contributed by atoms with Gasteiger partial charge < -0.3 is 10.2 Å². The van der Waals surface area contributed by atoms with Crippen molar-refractivity contribution >= 4 is 15.9 Å². The zero-order chi connectivity index (χ0) is 14.3. The van der Waals surface area contributed by atoms with Crippen LogP contribution >= 0.6 is 15.9 Å². The van der Waals surface area contributed by atoms with E-state index < -0.39 is 0 Å². The summed E-state index contributed by atoms with van der Waals surface area (Å²) in [6.45, 7) is 5.04. The molecule has 0 bridgehead atoms. The highest BCUT2D eigenvalue weighted by molar-refractivity contribution is 9.10. The first-order valence-corrected chi connectivity index (χ1v) is 9.26. The van der Waals surface area contributed by atoms with E-state index in [-0.39, 0.29) is 0 Å². The fourth-order valence-corrected chi connectivity index (χ4v) is 5.49. The smallest absolute Gasteiger partial charge is 0.0178 e. The molecule has 21 heavy (non-hydrogen) atoms. The predicted molar refractivity (Wildman–Crippen MR) is 90.6 cm³/mol. The highest BCUT2D eigenvalue weighted by Gasteiger charge is 2.47. The lowest BCUT2D eigenvalue weighted by Gasteiger charge is -2.51. The first kappa shape index (κ1) is 14.2. The number of nitrogens with one attached hydrogen (secondary N) is 1. The molecule has 3 aliphatic rings. The average molecular weight is 349 g/mol. The van der Waals surface area contributed by atoms with Gasteiger partial charge in [-0.15, -0.1) is 0 Å². The van der Waals surface area contributed by atoms with Crippen LogP contribution in [0.2, 0.25) is 0 Å². The van der Waals surface area contributed by atoms with Crippen molar-refractivity contribution in [3.8, 4) is 0 Å². The van der Waals surface area contributed by atoms with Crippen LogP contribution in [-0.2, 0) is 0 Å². The Morgan fingerprint density at radius 3 is 3.10 bits per heavy atom. The maximum absolute atomic E-state index is 3.66. The van der Waals surface area contributed by atoms with Gasteiger partial charge in [0.1, 0.15) is 0 Å². The topological polar surface area (TPSA) is 15.3 Å². The zero-order valence-electron chi connectivity index (χ0n) is 12.7. The molecule has 0 saturated carbocycles. The van der Waals surface area contributed by atoms with E-state index in [1.165, 1.54) is 61.8 Å². The molecule has 2 nitrogen and oxygen atoms in total. The Labute approximate surface area is 136 Å². The van der Waals surface area contributed by atoms with E-state index in [9.17, 15) is 0 Å². The SMILES string of the molecule is Brc1cccc(C2CNCCC23CCN2CCCC2C3)c1. The van der Waals surface area contributed by atoms with Crippen molar-refractivity contribution < 1.29 is 0 Å². The van der Waals surface area contributed by atoms with Gasteiger partial charge in [0.2, 0.25) is 0 Å². The van der Waals surface area contributed by atoms with Crippen LogP contribution in [0.4, 0.5) is 0 Å². The van der Waals surface area contributed by atoms with Gasteiger partial charge in [0.15, 0.2) is 0 Å². The van der Waals surface area contributed by atoms with Crippen LogP contribution in [0.15, 0.2) is 28.7 Å². The maximum atomic E-state index is 3.66. The van der Waals surface area contributed by atoms with Crippen LogP contribution < -0.4 is 5.32 Å². The van der Waals surface area contributed by atoms with Gasteiger partial charge in [0.25, 0.3) is 0 Å². The molecule has 3 unspecified atom stereocenters. The molecule has 0 radical (unpaired) electrons. The molecular formula is C18H25BrN2. The minimum Gasteiger partial charge on any atom is -0.316 e. The van der Waals surface area contributed by atoms with Crippen molar-refractivity contribution in [2.75, 3.05) is 26.2 Å². The van der Waals surface area contributed by atoms with E-state index in [1.807, 2.05) is 0 Å². The second kappa shape index (κ2) is 5.68. The Hall–Kier alpha value is -0.380. The second-order valence-electron chi connectivity index (χ2n) is 7.21. The van der Waals surface area contributed by atoms with E-state index in [2.05, 4.69) is 50.4 Å². The molecule has 3 atom stereocenters. The standard InChI is InChI=1S/C18H25BrN2/c19-15-4-1-3-14(11-15)17-13-20-8-6-18(17)7-10-21-9-2-5-16(21)12-18/h1,3-4,11,16-17,20H,2,5-10,12-13H2. The van der Waals surface area contributed by atoms with Crippen LogP contribution in [0.5, 0.6) is 0 Å². The third kappa shape index (κ3) is 2.58. The molecule has 1 N–H and O–H groups in total. The van der Waals surface area contributed by atoms with Gasteiger partial charge in [-0.05, 0) is 74.8 Å². The van der Waals surface area contributed by atoms with Crippen molar-refractivity contribution in [1.82, 2.24) is 10.2 Å². The Morgan fingerprint density at radius 1 is 1.24 bits per heavy atom. The molecule has 3 saturated heterocycles. The Morgan fingerprint density at radius 2 is 2.19 bits per heavy atom. The molecule has 1 aromatic rings. The number of hydrogen-bond acceptors (Lipinski definition) is 2. The summed E-state index contributed by atoms with van der Waals surface area (Å²) in [5.41, 5.74) is 2.07. The molecule has 4 rings (SSSR count). The van der Waals surface area contributed by atoms with Gasteiger partial charge in [-0.25, -0.2) is 0 Å². The van der Waals surface area contributed by atoms with Crippen LogP contribution in [0.1, 0.15) is 43.6 Å². The Bertz CT molecular complexity index is 518. The fraction of sp³-hybridized carbons (Fsp3) is 0.667. The molecule has 1 aromatic carbocycles. The maximum Gasteiger partial charge on any atom is 0.0178 e. The average Bonchev–Trinajstić information content (AvgIpc) is 2.95. The lowest BCUT2D eigenvalue weighted by atomic mass is 9.61. The van der Waals surface area contributed by atoms with Gasteiger partial charge >= 0.3 is 0 Å². The van der Waals surface area contributed by atoms with Crippen molar-refractivity contribution in [3.05, 3.63) is 34.3 Å². The summed E-state index contributed by atoms with van der Waals surface area (Å²) in [5.74, 6) is 0.687. The molecule has 0 amide bonds. The second-order valence-corrected chi connectivity index (χ2v) is 8.13.